The molecule has 0 unspecified atom stereocenters. The summed E-state index contributed by atoms with van der Waals surface area (Å²) in [7, 11) is 0. The first-order chi connectivity index (χ1) is 5.95. The van der Waals surface area contributed by atoms with Gasteiger partial charge in [-0.2, -0.15) is 0 Å². The molecular weight excluding hydrogens is 174 g/mol. The molecule has 74 valence electrons. The molecule has 0 amide bonds. The highest BCUT2D eigenvalue weighted by atomic mass is 16.5. The average Bonchev–Trinajstić information content (AvgIpc) is 1.99. The van der Waals surface area contributed by atoms with Crippen LogP contribution in [0.4, 0.5) is 0 Å². The van der Waals surface area contributed by atoms with Gasteiger partial charge in [-0.25, -0.2) is 0 Å². The predicted octanol–water partition coefficient (Wildman–Crippen LogP) is -0.404. The fourth-order valence-corrected chi connectivity index (χ4v) is 1.51. The van der Waals surface area contributed by atoms with E-state index in [-0.39, 0.29) is 0 Å². The molecule has 0 aromatic heterocycles. The molecule has 13 heavy (non-hydrogen) atoms. The van der Waals surface area contributed by atoms with Crippen molar-refractivity contribution >= 4 is 11.9 Å². The number of carbonyl (C=O) groups excluding carboxylic acids is 1. The van der Waals surface area contributed by atoms with E-state index in [1.807, 2.05) is 0 Å². The molecule has 0 aliphatic carbocycles. The third-order valence-electron chi connectivity index (χ3n) is 2.46. The van der Waals surface area contributed by atoms with Crippen molar-refractivity contribution in [2.75, 3.05) is 0 Å². The molecule has 1 fully saturated rings. The molecule has 1 aliphatic rings. The summed E-state index contributed by atoms with van der Waals surface area (Å²) >= 11 is 0. The number of carboxylic acids is 1. The zero-order chi connectivity index (χ0) is 10.2. The van der Waals surface area contributed by atoms with Gasteiger partial charge in [0, 0.05) is 6.04 Å². The number of nitrogens with two attached hydrogens (primary N) is 1. The van der Waals surface area contributed by atoms with Gasteiger partial charge < -0.3 is 15.6 Å². The number of hydrogen-bond donors (Lipinski definition) is 2. The Morgan fingerprint density at radius 1 is 1.54 bits per heavy atom. The lowest BCUT2D eigenvalue weighted by molar-refractivity contribution is -0.172. The lowest BCUT2D eigenvalue weighted by Crippen LogP contribution is -2.54. The third-order valence-corrected chi connectivity index (χ3v) is 2.46. The Labute approximate surface area is 75.9 Å². The van der Waals surface area contributed by atoms with Gasteiger partial charge in [0.1, 0.15) is 12.0 Å². The second-order valence-corrected chi connectivity index (χ2v) is 3.37. The minimum Gasteiger partial charge on any atom is -0.481 e. The lowest BCUT2D eigenvalue weighted by Gasteiger charge is -2.34. The van der Waals surface area contributed by atoms with Crippen LogP contribution in [0.2, 0.25) is 0 Å². The maximum absolute atomic E-state index is 11.1. The summed E-state index contributed by atoms with van der Waals surface area (Å²) in [5.41, 5.74) is 5.62. The monoisotopic (exact) mass is 187 g/mol. The van der Waals surface area contributed by atoms with Crippen LogP contribution in [-0.2, 0) is 14.3 Å². The van der Waals surface area contributed by atoms with Crippen molar-refractivity contribution in [1.82, 2.24) is 0 Å². The number of carbonyl (C=O) groups is 2. The van der Waals surface area contributed by atoms with Gasteiger partial charge in [-0.05, 0) is 6.92 Å². The van der Waals surface area contributed by atoms with Crippen molar-refractivity contribution in [2.24, 2.45) is 17.6 Å². The van der Waals surface area contributed by atoms with Crippen LogP contribution < -0.4 is 5.73 Å². The van der Waals surface area contributed by atoms with Crippen LogP contribution in [0.25, 0.3) is 0 Å². The first kappa shape index (κ1) is 9.98. The first-order valence-electron chi connectivity index (χ1n) is 4.14. The predicted molar refractivity (Wildman–Crippen MR) is 43.8 cm³/mol. The third kappa shape index (κ3) is 1.65. The fraction of sp³-hybridized carbons (Fsp3) is 0.750. The average molecular weight is 187 g/mol. The molecule has 1 heterocycles. The van der Waals surface area contributed by atoms with E-state index in [9.17, 15) is 9.59 Å². The molecule has 3 N–H and O–H groups in total. The van der Waals surface area contributed by atoms with E-state index in [1.54, 1.807) is 13.8 Å². The van der Waals surface area contributed by atoms with Crippen molar-refractivity contribution in [3.8, 4) is 0 Å². The molecule has 1 saturated heterocycles. The van der Waals surface area contributed by atoms with Gasteiger partial charge in [0.05, 0.1) is 5.92 Å². The van der Waals surface area contributed by atoms with Crippen LogP contribution in [0.3, 0.4) is 0 Å². The van der Waals surface area contributed by atoms with Crippen molar-refractivity contribution in [2.45, 2.75) is 26.0 Å². The molecule has 0 saturated carbocycles. The molecule has 4 atom stereocenters. The summed E-state index contributed by atoms with van der Waals surface area (Å²) in [6, 6.07) is -0.659. The smallest absolute Gasteiger partial charge is 0.311 e. The van der Waals surface area contributed by atoms with Crippen LogP contribution >= 0.6 is 0 Å². The lowest BCUT2D eigenvalue weighted by atomic mass is 9.84. The summed E-state index contributed by atoms with van der Waals surface area (Å²) in [5.74, 6) is -2.78. The minimum atomic E-state index is -1.01. The zero-order valence-corrected chi connectivity index (χ0v) is 7.56. The number of ether oxygens (including phenoxy) is 1. The second-order valence-electron chi connectivity index (χ2n) is 3.37. The Morgan fingerprint density at radius 2 is 2.08 bits per heavy atom. The van der Waals surface area contributed by atoms with Gasteiger partial charge in [0.15, 0.2) is 0 Å². The molecule has 5 heteroatoms. The summed E-state index contributed by atoms with van der Waals surface area (Å²) in [6.45, 7) is 3.12. The van der Waals surface area contributed by atoms with E-state index >= 15 is 0 Å². The van der Waals surface area contributed by atoms with Gasteiger partial charge >= 0.3 is 11.9 Å². The number of cyclic esters (lactones) is 1. The van der Waals surface area contributed by atoms with Crippen molar-refractivity contribution in [3.05, 3.63) is 0 Å². The van der Waals surface area contributed by atoms with Gasteiger partial charge in [0.25, 0.3) is 0 Å². The molecule has 1 aliphatic heterocycles. The Hall–Kier alpha value is -1.10. The normalized spacial score (nSPS) is 39.8. The zero-order valence-electron chi connectivity index (χ0n) is 7.56. The van der Waals surface area contributed by atoms with E-state index in [4.69, 9.17) is 15.6 Å². The highest BCUT2D eigenvalue weighted by Crippen LogP contribution is 2.25. The fourth-order valence-electron chi connectivity index (χ4n) is 1.51. The van der Waals surface area contributed by atoms with Crippen LogP contribution in [-0.4, -0.2) is 29.2 Å². The highest BCUT2D eigenvalue weighted by Gasteiger charge is 2.43. The largest absolute Gasteiger partial charge is 0.481 e. The first-order valence-corrected chi connectivity index (χ1v) is 4.14. The number of rotatable bonds is 1. The maximum Gasteiger partial charge on any atom is 0.311 e. The standard InChI is InChI=1S/C8H13NO4/c1-3-6(9)5(7(10)11)4(2)13-8(3)12/h3-6H,9H2,1-2H3,(H,10,11)/t3-,4+,5+,6+/m0/s1. The number of aliphatic carboxylic acids is 1. The van der Waals surface area contributed by atoms with Gasteiger partial charge in [-0.1, -0.05) is 6.92 Å². The number of esters is 1. The van der Waals surface area contributed by atoms with Crippen LogP contribution in [0, 0.1) is 11.8 Å². The molecule has 0 bridgehead atoms. The summed E-state index contributed by atoms with van der Waals surface area (Å²) in [5, 5.41) is 8.81. The van der Waals surface area contributed by atoms with Crippen LogP contribution in [0.5, 0.6) is 0 Å². The number of carboxylic acid groups (broad SMARTS) is 1. The van der Waals surface area contributed by atoms with Crippen LogP contribution in [0.15, 0.2) is 0 Å². The van der Waals surface area contributed by atoms with E-state index in [0.717, 1.165) is 0 Å². The second kappa shape index (κ2) is 3.33. The van der Waals surface area contributed by atoms with Gasteiger partial charge in [-0.3, -0.25) is 9.59 Å². The Morgan fingerprint density at radius 3 is 2.54 bits per heavy atom. The molecule has 0 spiro atoms. The van der Waals surface area contributed by atoms with E-state index < -0.39 is 35.9 Å². The van der Waals surface area contributed by atoms with E-state index in [0.29, 0.717) is 0 Å². The van der Waals surface area contributed by atoms with Crippen LogP contribution in [0.1, 0.15) is 13.8 Å². The Kier molecular flexibility index (Phi) is 2.56. The summed E-state index contributed by atoms with van der Waals surface area (Å²) < 4.78 is 4.84. The van der Waals surface area contributed by atoms with Crippen molar-refractivity contribution < 1.29 is 19.4 Å². The molecule has 0 radical (unpaired) electrons. The summed E-state index contributed by atoms with van der Waals surface area (Å²) in [6.07, 6.45) is -0.642. The van der Waals surface area contributed by atoms with Gasteiger partial charge in [0.2, 0.25) is 0 Å². The Balaban J connectivity index is 2.85. The van der Waals surface area contributed by atoms with Crippen molar-refractivity contribution in [3.63, 3.8) is 0 Å². The van der Waals surface area contributed by atoms with Crippen molar-refractivity contribution in [1.29, 1.82) is 0 Å². The maximum atomic E-state index is 11.1. The molecule has 5 nitrogen and oxygen atoms in total. The molecule has 1 rings (SSSR count). The SMILES string of the molecule is C[C@@H]1C(=O)O[C@H](C)[C@@H](C(=O)O)[C@@H]1N. The summed E-state index contributed by atoms with van der Waals surface area (Å²) in [4.78, 5) is 21.8. The Bertz CT molecular complexity index is 240. The molecule has 0 aromatic carbocycles. The van der Waals surface area contributed by atoms with E-state index in [1.165, 1.54) is 0 Å². The molecular formula is C8H13NO4. The quantitative estimate of drug-likeness (QED) is 0.545. The van der Waals surface area contributed by atoms with E-state index in [2.05, 4.69) is 0 Å². The topological polar surface area (TPSA) is 89.6 Å². The minimum absolute atomic E-state index is 0.419. The van der Waals surface area contributed by atoms with Gasteiger partial charge in [-0.15, -0.1) is 0 Å². The molecule has 0 aromatic rings. The highest BCUT2D eigenvalue weighted by molar-refractivity contribution is 5.79. The number of hydrogen-bond acceptors (Lipinski definition) is 4.